The normalized spacial score (nSPS) is 13.9. The van der Waals surface area contributed by atoms with Gasteiger partial charge < -0.3 is 5.43 Å². The molecule has 1 heterocycles. The number of aromatic nitrogens is 1. The predicted molar refractivity (Wildman–Crippen MR) is 110 cm³/mol. The number of carbonyl (C=O) groups is 2. The molecule has 0 bridgehead atoms. The zero-order chi connectivity index (χ0) is 19.5. The van der Waals surface area contributed by atoms with Gasteiger partial charge in [0.1, 0.15) is 0 Å². The smallest absolute Gasteiger partial charge is 0.270 e. The second-order valence-corrected chi connectivity index (χ2v) is 7.08. The van der Waals surface area contributed by atoms with Crippen LogP contribution in [0, 0.1) is 0 Å². The topological polar surface area (TPSA) is 71.1 Å². The van der Waals surface area contributed by atoms with Gasteiger partial charge in [-0.1, -0.05) is 41.9 Å². The number of fused-ring (bicyclic) bond motifs is 1. The standard InChI is InChI=1S/C22H18ClN3O2/c23-15-10-8-14(9-11-15)21-13-19(18-6-1-2-7-20(18)24-21)22(28)26-25-16-4-3-5-17(27)12-16/h1-2,6-13,25H,3-5H2,(H,26,28). The van der Waals surface area contributed by atoms with E-state index < -0.39 is 0 Å². The molecular weight excluding hydrogens is 374 g/mol. The SMILES string of the molecule is O=C1C=C(NNC(=O)c2cc(-c3ccc(Cl)cc3)nc3ccccc23)CCC1. The molecule has 2 N–H and O–H groups in total. The molecule has 6 heteroatoms. The van der Waals surface area contributed by atoms with Crippen molar-refractivity contribution in [1.29, 1.82) is 0 Å². The van der Waals surface area contributed by atoms with Crippen molar-refractivity contribution in [2.45, 2.75) is 19.3 Å². The summed E-state index contributed by atoms with van der Waals surface area (Å²) < 4.78 is 0. The van der Waals surface area contributed by atoms with Crippen molar-refractivity contribution in [3.05, 3.63) is 77.0 Å². The van der Waals surface area contributed by atoms with Gasteiger partial charge in [-0.05, 0) is 37.1 Å². The van der Waals surface area contributed by atoms with Crippen molar-refractivity contribution in [2.75, 3.05) is 0 Å². The van der Waals surface area contributed by atoms with E-state index in [1.54, 1.807) is 24.3 Å². The van der Waals surface area contributed by atoms with Gasteiger partial charge in [-0.25, -0.2) is 4.98 Å². The van der Waals surface area contributed by atoms with Crippen LogP contribution in [0.4, 0.5) is 0 Å². The molecule has 0 saturated carbocycles. The molecule has 0 unspecified atom stereocenters. The van der Waals surface area contributed by atoms with Gasteiger partial charge in [0.25, 0.3) is 5.91 Å². The summed E-state index contributed by atoms with van der Waals surface area (Å²) in [4.78, 5) is 29.1. The van der Waals surface area contributed by atoms with Crippen LogP contribution in [0.5, 0.6) is 0 Å². The maximum Gasteiger partial charge on any atom is 0.270 e. The van der Waals surface area contributed by atoms with Crippen molar-refractivity contribution in [3.63, 3.8) is 0 Å². The molecule has 5 nitrogen and oxygen atoms in total. The van der Waals surface area contributed by atoms with Crippen molar-refractivity contribution in [2.24, 2.45) is 0 Å². The number of hydrogen-bond acceptors (Lipinski definition) is 4. The lowest BCUT2D eigenvalue weighted by atomic mass is 10.0. The maximum absolute atomic E-state index is 12.9. The Morgan fingerprint density at radius 2 is 1.82 bits per heavy atom. The van der Waals surface area contributed by atoms with Gasteiger partial charge in [0, 0.05) is 34.2 Å². The van der Waals surface area contributed by atoms with Gasteiger partial charge in [-0.2, -0.15) is 0 Å². The Hall–Kier alpha value is -3.18. The first kappa shape index (κ1) is 18.2. The minimum Gasteiger partial charge on any atom is -0.302 e. The van der Waals surface area contributed by atoms with Crippen LogP contribution in [0.25, 0.3) is 22.2 Å². The zero-order valence-corrected chi connectivity index (χ0v) is 15.8. The number of rotatable bonds is 4. The molecule has 0 radical (unpaired) electrons. The Bertz CT molecular complexity index is 1090. The average molecular weight is 392 g/mol. The minimum absolute atomic E-state index is 0.0717. The molecule has 1 aliphatic carbocycles. The first-order valence-corrected chi connectivity index (χ1v) is 9.43. The lowest BCUT2D eigenvalue weighted by molar-refractivity contribution is -0.115. The van der Waals surface area contributed by atoms with Crippen molar-refractivity contribution < 1.29 is 9.59 Å². The highest BCUT2D eigenvalue weighted by atomic mass is 35.5. The van der Waals surface area contributed by atoms with Crippen LogP contribution in [0.15, 0.2) is 66.4 Å². The summed E-state index contributed by atoms with van der Waals surface area (Å²) >= 11 is 5.98. The molecule has 28 heavy (non-hydrogen) atoms. The quantitative estimate of drug-likeness (QED) is 0.645. The van der Waals surface area contributed by atoms with E-state index in [9.17, 15) is 9.59 Å². The van der Waals surface area contributed by atoms with Crippen molar-refractivity contribution in [1.82, 2.24) is 15.8 Å². The van der Waals surface area contributed by atoms with E-state index in [-0.39, 0.29) is 11.7 Å². The number of halogens is 1. The number of hydrazine groups is 1. The Morgan fingerprint density at radius 1 is 1.04 bits per heavy atom. The van der Waals surface area contributed by atoms with Crippen LogP contribution in [-0.2, 0) is 4.79 Å². The average Bonchev–Trinajstić information content (AvgIpc) is 2.72. The number of allylic oxidation sites excluding steroid dienone is 2. The minimum atomic E-state index is -0.285. The molecule has 140 valence electrons. The molecule has 1 amide bonds. The van der Waals surface area contributed by atoms with E-state index in [4.69, 9.17) is 11.6 Å². The molecule has 0 atom stereocenters. The molecule has 1 aromatic heterocycles. The van der Waals surface area contributed by atoms with E-state index in [0.29, 0.717) is 22.7 Å². The van der Waals surface area contributed by atoms with Gasteiger partial charge >= 0.3 is 0 Å². The summed E-state index contributed by atoms with van der Waals surface area (Å²) in [6.45, 7) is 0. The third-order valence-electron chi connectivity index (χ3n) is 4.64. The molecule has 4 rings (SSSR count). The third kappa shape index (κ3) is 3.89. The summed E-state index contributed by atoms with van der Waals surface area (Å²) in [5.41, 5.74) is 9.11. The number of nitrogens with one attached hydrogen (secondary N) is 2. The Labute approximate surface area is 167 Å². The van der Waals surface area contributed by atoms with Crippen molar-refractivity contribution >= 4 is 34.2 Å². The van der Waals surface area contributed by atoms with Crippen LogP contribution in [0.3, 0.4) is 0 Å². The predicted octanol–water partition coefficient (Wildman–Crippen LogP) is 4.43. The fourth-order valence-corrected chi connectivity index (χ4v) is 3.35. The second kappa shape index (κ2) is 7.82. The fraction of sp³-hybridized carbons (Fsp3) is 0.136. The highest BCUT2D eigenvalue weighted by Gasteiger charge is 2.15. The van der Waals surface area contributed by atoms with Crippen LogP contribution in [-0.4, -0.2) is 16.7 Å². The molecule has 0 saturated heterocycles. The molecule has 0 fully saturated rings. The summed E-state index contributed by atoms with van der Waals surface area (Å²) in [5.74, 6) is -0.213. The Balaban J connectivity index is 1.67. The third-order valence-corrected chi connectivity index (χ3v) is 4.89. The van der Waals surface area contributed by atoms with Gasteiger partial charge in [-0.3, -0.25) is 15.0 Å². The zero-order valence-electron chi connectivity index (χ0n) is 15.0. The van der Waals surface area contributed by atoms with E-state index in [1.165, 1.54) is 0 Å². The van der Waals surface area contributed by atoms with Crippen LogP contribution >= 0.6 is 11.6 Å². The lowest BCUT2D eigenvalue weighted by Gasteiger charge is -2.16. The summed E-state index contributed by atoms with van der Waals surface area (Å²) in [5, 5.41) is 1.40. The van der Waals surface area contributed by atoms with Gasteiger partial charge in [0.2, 0.25) is 0 Å². The van der Waals surface area contributed by atoms with Gasteiger partial charge in [0.05, 0.1) is 16.8 Å². The molecular formula is C22H18ClN3O2. The summed E-state index contributed by atoms with van der Waals surface area (Å²) in [6.07, 6.45) is 3.62. The first-order valence-electron chi connectivity index (χ1n) is 9.05. The number of ketones is 1. The molecule has 0 aliphatic heterocycles. The van der Waals surface area contributed by atoms with E-state index >= 15 is 0 Å². The summed E-state index contributed by atoms with van der Waals surface area (Å²) in [6, 6.07) is 16.6. The number of amides is 1. The Morgan fingerprint density at radius 3 is 2.61 bits per heavy atom. The molecule has 3 aromatic rings. The molecule has 2 aromatic carbocycles. The Kier molecular flexibility index (Phi) is 5.08. The number of benzene rings is 2. The van der Waals surface area contributed by atoms with E-state index in [0.717, 1.165) is 35.0 Å². The number of pyridine rings is 1. The van der Waals surface area contributed by atoms with Crippen LogP contribution in [0.2, 0.25) is 5.02 Å². The first-order chi connectivity index (χ1) is 13.6. The lowest BCUT2D eigenvalue weighted by Crippen LogP contribution is -2.37. The highest BCUT2D eigenvalue weighted by molar-refractivity contribution is 6.30. The monoisotopic (exact) mass is 391 g/mol. The maximum atomic E-state index is 12.9. The van der Waals surface area contributed by atoms with Crippen molar-refractivity contribution in [3.8, 4) is 11.3 Å². The second-order valence-electron chi connectivity index (χ2n) is 6.65. The van der Waals surface area contributed by atoms with E-state index in [1.807, 2.05) is 36.4 Å². The number of carbonyl (C=O) groups excluding carboxylic acids is 2. The highest BCUT2D eigenvalue weighted by Crippen LogP contribution is 2.26. The van der Waals surface area contributed by atoms with Gasteiger partial charge in [0.15, 0.2) is 5.78 Å². The summed E-state index contributed by atoms with van der Waals surface area (Å²) in [7, 11) is 0. The fourth-order valence-electron chi connectivity index (χ4n) is 3.23. The number of nitrogens with zero attached hydrogens (tertiary/aromatic N) is 1. The number of para-hydroxylation sites is 1. The van der Waals surface area contributed by atoms with Crippen LogP contribution in [0.1, 0.15) is 29.6 Å². The van der Waals surface area contributed by atoms with Crippen LogP contribution < -0.4 is 10.9 Å². The van der Waals surface area contributed by atoms with Gasteiger partial charge in [-0.15, -0.1) is 0 Å². The largest absolute Gasteiger partial charge is 0.302 e. The molecule has 0 spiro atoms. The van der Waals surface area contributed by atoms with E-state index in [2.05, 4.69) is 15.8 Å². The number of hydrogen-bond donors (Lipinski definition) is 2. The molecule has 1 aliphatic rings.